The standard InChI is InChI=1S/C42H78N2O19.C4H10.C2H6O.C2H4O/c1-30(47)36(28-46)62-42(40(52)53)61-24-12-5-9-21-58-35-27-31(39(51)44-17-16-43-2)26-34(57-20-8-4-7-19-56-29-32(48)15-25-55-3)38(35)59-22-10-6-11-23-60-41(63-54)37(50)33(49)14-13-18-45;1-4(2)3;2*1-2-3/h26-27,30,32-33,36-37,40-43,45-50,52-54H,4-25,28-29H2,1-3H3,(H,44,51);4H,1-3H3;3H,2H2,1H3;2H,1H3. The third kappa shape index (κ3) is 42.9. The maximum atomic E-state index is 13.3. The number of rotatable bonds is 43. The highest BCUT2D eigenvalue weighted by Gasteiger charge is 2.28. The number of likely N-dealkylation sites (N-methyl/N-ethyl adjacent to an activating group) is 1. The van der Waals surface area contributed by atoms with Crippen molar-refractivity contribution in [3.05, 3.63) is 17.7 Å². The summed E-state index contributed by atoms with van der Waals surface area (Å²) in [5.41, 5.74) is 0.297. The molecule has 23 heteroatoms. The Labute approximate surface area is 434 Å². The lowest BCUT2D eigenvalue weighted by molar-refractivity contribution is -0.372. The lowest BCUT2D eigenvalue weighted by Crippen LogP contribution is -2.41. The first kappa shape index (κ1) is 74.3. The van der Waals surface area contributed by atoms with Gasteiger partial charge in [0.1, 0.15) is 18.5 Å². The molecular weight excluding hydrogens is 965 g/mol. The van der Waals surface area contributed by atoms with E-state index in [9.17, 15) is 45.8 Å². The number of methoxy groups -OCH3 is 1. The van der Waals surface area contributed by atoms with E-state index in [4.69, 9.17) is 52.9 Å². The number of carbonyl (C=O) groups excluding carboxylic acids is 2. The molecule has 0 radical (unpaired) electrons. The van der Waals surface area contributed by atoms with Crippen LogP contribution in [-0.2, 0) is 33.4 Å². The molecule has 1 rings (SSSR count). The van der Waals surface area contributed by atoms with E-state index in [-0.39, 0.29) is 70.7 Å². The molecule has 0 aliphatic rings. The van der Waals surface area contributed by atoms with Gasteiger partial charge in [0, 0.05) is 65.4 Å². The monoisotopic (exact) mass is 1060 g/mol. The molecular formula is C50H98N2O21. The van der Waals surface area contributed by atoms with Crippen LogP contribution in [0.15, 0.2) is 12.1 Å². The molecule has 7 unspecified atom stereocenters. The second-order valence-electron chi connectivity index (χ2n) is 17.2. The average Bonchev–Trinajstić information content (AvgIpc) is 3.35. The van der Waals surface area contributed by atoms with Crippen molar-refractivity contribution < 1.29 is 104 Å². The first-order valence-corrected chi connectivity index (χ1v) is 25.6. The maximum Gasteiger partial charge on any atom is 0.251 e. The highest BCUT2D eigenvalue weighted by Crippen LogP contribution is 2.40. The van der Waals surface area contributed by atoms with Gasteiger partial charge in [-0.05, 0) is 123 Å². The number of nitrogens with one attached hydrogen (secondary N) is 2. The molecule has 0 bridgehead atoms. The van der Waals surface area contributed by atoms with E-state index in [1.807, 2.05) is 0 Å². The largest absolute Gasteiger partial charge is 0.490 e. The van der Waals surface area contributed by atoms with E-state index in [1.54, 1.807) is 33.2 Å². The molecule has 0 fully saturated rings. The van der Waals surface area contributed by atoms with Crippen LogP contribution >= 0.6 is 0 Å². The normalized spacial score (nSPS) is 14.0. The molecule has 23 nitrogen and oxygen atoms in total. The van der Waals surface area contributed by atoms with E-state index >= 15 is 0 Å². The van der Waals surface area contributed by atoms with E-state index < -0.39 is 56.0 Å². The molecule has 0 heterocycles. The maximum absolute atomic E-state index is 13.3. The van der Waals surface area contributed by atoms with Crippen LogP contribution in [0.5, 0.6) is 17.2 Å². The number of unbranched alkanes of at least 4 members (excludes halogenated alkanes) is 6. The van der Waals surface area contributed by atoms with E-state index in [0.29, 0.717) is 101 Å². The van der Waals surface area contributed by atoms with Crippen LogP contribution in [0.25, 0.3) is 0 Å². The Morgan fingerprint density at radius 2 is 1.19 bits per heavy atom. The first-order chi connectivity index (χ1) is 35.0. The van der Waals surface area contributed by atoms with Gasteiger partial charge in [0.25, 0.3) is 5.91 Å². The van der Waals surface area contributed by atoms with Crippen LogP contribution < -0.4 is 24.8 Å². The highest BCUT2D eigenvalue weighted by molar-refractivity contribution is 5.95. The molecule has 0 saturated heterocycles. The van der Waals surface area contributed by atoms with Crippen molar-refractivity contribution in [2.24, 2.45) is 5.92 Å². The Balaban J connectivity index is -0.00000448. The van der Waals surface area contributed by atoms with Gasteiger partial charge in [0.15, 0.2) is 11.5 Å². The Kier molecular flexibility index (Phi) is 53.5. The smallest absolute Gasteiger partial charge is 0.251 e. The predicted molar refractivity (Wildman–Crippen MR) is 272 cm³/mol. The van der Waals surface area contributed by atoms with Crippen LogP contribution in [0.3, 0.4) is 0 Å². The van der Waals surface area contributed by atoms with Crippen LogP contribution in [-0.4, -0.2) is 213 Å². The van der Waals surface area contributed by atoms with Crippen molar-refractivity contribution in [1.82, 2.24) is 10.6 Å². The van der Waals surface area contributed by atoms with Gasteiger partial charge in [-0.1, -0.05) is 20.8 Å². The molecule has 1 aromatic rings. The van der Waals surface area contributed by atoms with Crippen LogP contribution in [0.4, 0.5) is 0 Å². The first-order valence-electron chi connectivity index (χ1n) is 25.6. The fraction of sp³-hybridized carbons (Fsp3) is 0.840. The zero-order chi connectivity index (χ0) is 55.7. The molecule has 0 spiro atoms. The lowest BCUT2D eigenvalue weighted by atomic mass is 10.1. The summed E-state index contributed by atoms with van der Waals surface area (Å²) in [4.78, 5) is 26.3. The summed E-state index contributed by atoms with van der Waals surface area (Å²) < 4.78 is 45.4. The zero-order valence-electron chi connectivity index (χ0n) is 45.1. The van der Waals surface area contributed by atoms with Crippen molar-refractivity contribution in [2.75, 3.05) is 99.9 Å². The highest BCUT2D eigenvalue weighted by atomic mass is 17.1. The van der Waals surface area contributed by atoms with Crippen molar-refractivity contribution in [3.63, 3.8) is 0 Å². The molecule has 0 aliphatic heterocycles. The molecule has 1 aromatic carbocycles. The summed E-state index contributed by atoms with van der Waals surface area (Å²) in [7, 11) is 3.35. The number of hydrogen-bond acceptors (Lipinski definition) is 22. The second-order valence-corrected chi connectivity index (χ2v) is 17.2. The molecule has 0 aliphatic carbocycles. The Hall–Kier alpha value is -2.92. The predicted octanol–water partition coefficient (Wildman–Crippen LogP) is 2.30. The van der Waals surface area contributed by atoms with Gasteiger partial charge in [0.2, 0.25) is 24.6 Å². The number of aldehydes is 1. The van der Waals surface area contributed by atoms with Crippen LogP contribution in [0, 0.1) is 5.92 Å². The molecule has 73 heavy (non-hydrogen) atoms. The molecule has 0 saturated carbocycles. The fourth-order valence-corrected chi connectivity index (χ4v) is 5.73. The summed E-state index contributed by atoms with van der Waals surface area (Å²) in [6.07, 6.45) is -3.40. The zero-order valence-corrected chi connectivity index (χ0v) is 45.1. The summed E-state index contributed by atoms with van der Waals surface area (Å²) in [5.74, 6) is 1.39. The van der Waals surface area contributed by atoms with Gasteiger partial charge in [0.05, 0.1) is 51.3 Å². The number of ether oxygens (including phenoxy) is 8. The van der Waals surface area contributed by atoms with Crippen molar-refractivity contribution in [2.45, 2.75) is 168 Å². The summed E-state index contributed by atoms with van der Waals surface area (Å²) in [6, 6.07) is 3.20. The van der Waals surface area contributed by atoms with Gasteiger partial charge in [-0.15, -0.1) is 0 Å². The topological polar surface area (TPSA) is 344 Å². The molecule has 0 aromatic heterocycles. The van der Waals surface area contributed by atoms with E-state index in [0.717, 1.165) is 25.0 Å². The van der Waals surface area contributed by atoms with Crippen LogP contribution in [0.1, 0.15) is 129 Å². The number of aliphatic hydroxyl groups excluding tert-OH is 8. The minimum Gasteiger partial charge on any atom is -0.490 e. The Bertz CT molecular complexity index is 1370. The summed E-state index contributed by atoms with van der Waals surface area (Å²) in [6.45, 7) is 13.6. The quantitative estimate of drug-likeness (QED) is 0.0147. The van der Waals surface area contributed by atoms with Gasteiger partial charge < -0.3 is 99.3 Å². The number of aliphatic hydroxyl groups is 9. The summed E-state index contributed by atoms with van der Waals surface area (Å²) >= 11 is 0. The van der Waals surface area contributed by atoms with E-state index in [2.05, 4.69) is 36.3 Å². The van der Waals surface area contributed by atoms with Gasteiger partial charge >= 0.3 is 0 Å². The second kappa shape index (κ2) is 52.5. The SMILES string of the molecule is CC(C)C.CC=O.CCO.CNCCNC(=O)c1cc(OCCCCCOCC(O)CCOC)c(OCCCCCOC(OO)C(O)C(O)CCCO)c(OCCCCCOC(OC(CO)C(C)O)C(O)O)c1. The fourth-order valence-electron chi connectivity index (χ4n) is 5.73. The third-order valence-electron chi connectivity index (χ3n) is 9.45. The van der Waals surface area contributed by atoms with Crippen LogP contribution in [0.2, 0.25) is 0 Å². The number of hydrogen-bond donors (Lipinski definition) is 12. The van der Waals surface area contributed by atoms with E-state index in [1.165, 1.54) is 13.8 Å². The third-order valence-corrected chi connectivity index (χ3v) is 9.45. The lowest BCUT2D eigenvalue weighted by Gasteiger charge is -2.26. The molecule has 434 valence electrons. The molecule has 1 amide bonds. The van der Waals surface area contributed by atoms with Gasteiger partial charge in [-0.25, -0.2) is 10.1 Å². The minimum absolute atomic E-state index is 0.0865. The molecule has 7 atom stereocenters. The Morgan fingerprint density at radius 3 is 1.64 bits per heavy atom. The van der Waals surface area contributed by atoms with Gasteiger partial charge in [-0.2, -0.15) is 0 Å². The van der Waals surface area contributed by atoms with Gasteiger partial charge in [-0.3, -0.25) is 4.79 Å². The average molecular weight is 1060 g/mol. The minimum atomic E-state index is -1.99. The molecule has 12 N–H and O–H groups in total. The van der Waals surface area contributed by atoms with Crippen molar-refractivity contribution >= 4 is 12.2 Å². The van der Waals surface area contributed by atoms with Crippen molar-refractivity contribution in [3.8, 4) is 17.2 Å². The summed E-state index contributed by atoms with van der Waals surface area (Å²) in [5, 5.41) is 100. The Morgan fingerprint density at radius 1 is 0.699 bits per heavy atom. The number of benzene rings is 1. The number of amides is 1. The number of carbonyl (C=O) groups is 2. The van der Waals surface area contributed by atoms with Crippen molar-refractivity contribution in [1.29, 1.82) is 0 Å².